The average molecular weight is 404 g/mol. The third kappa shape index (κ3) is 4.78. The summed E-state index contributed by atoms with van der Waals surface area (Å²) < 4.78 is 1.92. The fourth-order valence-corrected chi connectivity index (χ4v) is 4.07. The maximum Gasteiger partial charge on any atom is 0.164 e. The van der Waals surface area contributed by atoms with Gasteiger partial charge >= 0.3 is 0 Å². The number of likely N-dealkylation sites (tertiary alicyclic amines) is 1. The predicted molar refractivity (Wildman–Crippen MR) is 120 cm³/mol. The second-order valence-corrected chi connectivity index (χ2v) is 8.19. The van der Waals surface area contributed by atoms with Crippen molar-refractivity contribution in [3.63, 3.8) is 0 Å². The van der Waals surface area contributed by atoms with E-state index in [1.807, 2.05) is 35.0 Å². The number of fused-ring (bicyclic) bond motifs is 1. The zero-order valence-corrected chi connectivity index (χ0v) is 17.8. The Morgan fingerprint density at radius 2 is 1.83 bits per heavy atom. The van der Waals surface area contributed by atoms with Gasteiger partial charge in [0.2, 0.25) is 0 Å². The highest BCUT2D eigenvalue weighted by Gasteiger charge is 2.20. The normalized spacial score (nSPS) is 15.4. The molecular weight excluding hydrogens is 374 g/mol. The van der Waals surface area contributed by atoms with Crippen LogP contribution >= 0.6 is 0 Å². The third-order valence-corrected chi connectivity index (χ3v) is 5.62. The Morgan fingerprint density at radius 3 is 2.57 bits per heavy atom. The minimum absolute atomic E-state index is 0.424. The van der Waals surface area contributed by atoms with E-state index in [2.05, 4.69) is 45.7 Å². The van der Waals surface area contributed by atoms with Gasteiger partial charge in [0.1, 0.15) is 17.8 Å². The quantitative estimate of drug-likeness (QED) is 0.658. The highest BCUT2D eigenvalue weighted by atomic mass is 15.3. The first-order valence-corrected chi connectivity index (χ1v) is 10.5. The number of anilines is 1. The van der Waals surface area contributed by atoms with E-state index in [-0.39, 0.29) is 0 Å². The van der Waals surface area contributed by atoms with E-state index in [1.54, 1.807) is 0 Å². The molecule has 0 amide bonds. The van der Waals surface area contributed by atoms with Gasteiger partial charge in [-0.3, -0.25) is 0 Å². The standard InChI is InChI=1S/C23H29N7/c1-28(2)16-19-10-12-29(13-11-19)14-15-30-23-21(22(24)25-17-26-23)20(27-30)9-8-18-6-4-3-5-7-18/h3-7,17,19H,10-16H2,1-2H3,(H2,24,25,26). The molecular formula is C23H29N7. The number of piperidine rings is 1. The van der Waals surface area contributed by atoms with Crippen LogP contribution in [-0.2, 0) is 6.54 Å². The lowest BCUT2D eigenvalue weighted by atomic mass is 9.96. The Balaban J connectivity index is 1.49. The number of nitrogens with zero attached hydrogens (tertiary/aromatic N) is 6. The molecule has 0 unspecified atom stereocenters. The van der Waals surface area contributed by atoms with E-state index >= 15 is 0 Å². The largest absolute Gasteiger partial charge is 0.383 e. The van der Waals surface area contributed by atoms with E-state index < -0.39 is 0 Å². The molecule has 4 rings (SSSR count). The first kappa shape index (κ1) is 20.3. The molecule has 1 fully saturated rings. The number of aromatic nitrogens is 4. The Hall–Kier alpha value is -2.95. The van der Waals surface area contributed by atoms with Gasteiger partial charge in [0.25, 0.3) is 0 Å². The number of benzene rings is 1. The first-order valence-electron chi connectivity index (χ1n) is 10.5. The molecule has 0 saturated carbocycles. The summed E-state index contributed by atoms with van der Waals surface area (Å²) in [6.45, 7) is 5.15. The summed E-state index contributed by atoms with van der Waals surface area (Å²) >= 11 is 0. The van der Waals surface area contributed by atoms with Crippen LogP contribution < -0.4 is 5.73 Å². The molecule has 0 radical (unpaired) electrons. The van der Waals surface area contributed by atoms with Gasteiger partial charge in [0, 0.05) is 18.7 Å². The molecule has 0 atom stereocenters. The van der Waals surface area contributed by atoms with Crippen LogP contribution in [-0.4, -0.2) is 69.8 Å². The monoisotopic (exact) mass is 403 g/mol. The number of hydrogen-bond acceptors (Lipinski definition) is 6. The average Bonchev–Trinajstić information content (AvgIpc) is 3.11. The summed E-state index contributed by atoms with van der Waals surface area (Å²) in [5.41, 5.74) is 8.48. The van der Waals surface area contributed by atoms with Crippen LogP contribution in [0.25, 0.3) is 11.0 Å². The van der Waals surface area contributed by atoms with Crippen molar-refractivity contribution in [2.75, 3.05) is 46.0 Å². The van der Waals surface area contributed by atoms with Crippen LogP contribution in [0.15, 0.2) is 36.7 Å². The van der Waals surface area contributed by atoms with Crippen molar-refractivity contribution in [3.05, 3.63) is 47.9 Å². The van der Waals surface area contributed by atoms with Crippen LogP contribution in [0.3, 0.4) is 0 Å². The molecule has 156 valence electrons. The van der Waals surface area contributed by atoms with Gasteiger partial charge in [0.05, 0.1) is 11.9 Å². The van der Waals surface area contributed by atoms with E-state index in [0.29, 0.717) is 11.5 Å². The maximum absolute atomic E-state index is 6.15. The zero-order valence-electron chi connectivity index (χ0n) is 17.8. The van der Waals surface area contributed by atoms with Gasteiger partial charge < -0.3 is 15.5 Å². The lowest BCUT2D eigenvalue weighted by Gasteiger charge is -2.33. The van der Waals surface area contributed by atoms with Crippen molar-refractivity contribution in [3.8, 4) is 11.8 Å². The van der Waals surface area contributed by atoms with E-state index in [9.17, 15) is 0 Å². The third-order valence-electron chi connectivity index (χ3n) is 5.62. The minimum Gasteiger partial charge on any atom is -0.383 e. The summed E-state index contributed by atoms with van der Waals surface area (Å²) in [6, 6.07) is 9.88. The van der Waals surface area contributed by atoms with Gasteiger partial charge in [-0.2, -0.15) is 5.10 Å². The van der Waals surface area contributed by atoms with Gasteiger partial charge in [-0.05, 0) is 64.0 Å². The molecule has 30 heavy (non-hydrogen) atoms. The van der Waals surface area contributed by atoms with Crippen LogP contribution in [0.1, 0.15) is 24.1 Å². The molecule has 7 heteroatoms. The van der Waals surface area contributed by atoms with Crippen LogP contribution in [0.2, 0.25) is 0 Å². The lowest BCUT2D eigenvalue weighted by molar-refractivity contribution is 0.157. The van der Waals surface area contributed by atoms with Crippen molar-refractivity contribution >= 4 is 16.9 Å². The zero-order chi connectivity index (χ0) is 20.9. The Kier molecular flexibility index (Phi) is 6.26. The SMILES string of the molecule is CN(C)CC1CCN(CCn2nc(C#Cc3ccccc3)c3c(N)ncnc32)CC1. The fourth-order valence-electron chi connectivity index (χ4n) is 4.07. The molecule has 1 aliphatic rings. The van der Waals surface area contributed by atoms with Gasteiger partial charge in [-0.15, -0.1) is 0 Å². The molecule has 7 nitrogen and oxygen atoms in total. The number of nitrogen functional groups attached to an aromatic ring is 1. The Bertz CT molecular complexity index is 1040. The second kappa shape index (κ2) is 9.24. The smallest absolute Gasteiger partial charge is 0.164 e. The summed E-state index contributed by atoms with van der Waals surface area (Å²) in [6.07, 6.45) is 4.00. The molecule has 2 N–H and O–H groups in total. The van der Waals surface area contributed by atoms with E-state index in [1.165, 1.54) is 25.7 Å². The Morgan fingerprint density at radius 1 is 1.07 bits per heavy atom. The van der Waals surface area contributed by atoms with Crippen molar-refractivity contribution in [2.24, 2.45) is 5.92 Å². The van der Waals surface area contributed by atoms with Gasteiger partial charge in [-0.25, -0.2) is 14.6 Å². The van der Waals surface area contributed by atoms with Gasteiger partial charge in [-0.1, -0.05) is 24.1 Å². The molecule has 1 aromatic carbocycles. The molecule has 0 aliphatic carbocycles. The highest BCUT2D eigenvalue weighted by Crippen LogP contribution is 2.22. The summed E-state index contributed by atoms with van der Waals surface area (Å²) in [5, 5.41) is 5.47. The number of rotatable bonds is 5. The van der Waals surface area contributed by atoms with Crippen molar-refractivity contribution in [2.45, 2.75) is 19.4 Å². The Labute approximate surface area is 177 Å². The minimum atomic E-state index is 0.424. The summed E-state index contributed by atoms with van der Waals surface area (Å²) in [7, 11) is 4.31. The van der Waals surface area contributed by atoms with E-state index in [0.717, 1.165) is 48.7 Å². The van der Waals surface area contributed by atoms with Crippen LogP contribution in [0, 0.1) is 17.8 Å². The van der Waals surface area contributed by atoms with Gasteiger partial charge in [0.15, 0.2) is 5.65 Å². The first-order chi connectivity index (χ1) is 14.6. The lowest BCUT2D eigenvalue weighted by Crippen LogP contribution is -2.38. The molecule has 0 bridgehead atoms. The maximum atomic E-state index is 6.15. The van der Waals surface area contributed by atoms with Crippen molar-refractivity contribution in [1.29, 1.82) is 0 Å². The molecule has 1 aliphatic heterocycles. The molecule has 0 spiro atoms. The predicted octanol–water partition coefficient (Wildman–Crippen LogP) is 2.08. The topological polar surface area (TPSA) is 76.1 Å². The molecule has 1 saturated heterocycles. The molecule has 3 aromatic rings. The van der Waals surface area contributed by atoms with Crippen molar-refractivity contribution < 1.29 is 0 Å². The van der Waals surface area contributed by atoms with Crippen LogP contribution in [0.5, 0.6) is 0 Å². The van der Waals surface area contributed by atoms with Crippen molar-refractivity contribution in [1.82, 2.24) is 29.5 Å². The second-order valence-electron chi connectivity index (χ2n) is 8.19. The van der Waals surface area contributed by atoms with Crippen LogP contribution in [0.4, 0.5) is 5.82 Å². The molecule has 3 heterocycles. The summed E-state index contributed by atoms with van der Waals surface area (Å²) in [5.74, 6) is 7.56. The number of nitrogens with two attached hydrogens (primary N) is 1. The van der Waals surface area contributed by atoms with E-state index in [4.69, 9.17) is 10.8 Å². The molecule has 2 aromatic heterocycles. The summed E-state index contributed by atoms with van der Waals surface area (Å²) in [4.78, 5) is 13.4. The number of hydrogen-bond donors (Lipinski definition) is 1. The highest BCUT2D eigenvalue weighted by molar-refractivity contribution is 5.90. The fraction of sp³-hybridized carbons (Fsp3) is 0.435.